The first-order valence-electron chi connectivity index (χ1n) is 7.80. The van der Waals surface area contributed by atoms with Gasteiger partial charge in [0.1, 0.15) is 0 Å². The molecule has 2 fully saturated rings. The molecule has 20 heavy (non-hydrogen) atoms. The summed E-state index contributed by atoms with van der Waals surface area (Å²) in [5.41, 5.74) is 2.96. The van der Waals surface area contributed by atoms with E-state index in [9.17, 15) is 4.79 Å². The SMILES string of the molecule is CNc1cc(C)ccc1C(=O)N1CCC2CCCCC21. The number of likely N-dealkylation sites (tertiary alicyclic amines) is 1. The van der Waals surface area contributed by atoms with Crippen molar-refractivity contribution in [3.8, 4) is 0 Å². The van der Waals surface area contributed by atoms with Crippen LogP contribution in [0.15, 0.2) is 18.2 Å². The highest BCUT2D eigenvalue weighted by molar-refractivity contribution is 6.00. The fourth-order valence-electron chi connectivity index (χ4n) is 3.86. The van der Waals surface area contributed by atoms with E-state index in [1.54, 1.807) is 0 Å². The minimum atomic E-state index is 0.212. The number of rotatable bonds is 2. The molecule has 2 unspecified atom stereocenters. The van der Waals surface area contributed by atoms with Crippen LogP contribution in [0.5, 0.6) is 0 Å². The molecule has 1 saturated heterocycles. The molecule has 1 aliphatic carbocycles. The number of anilines is 1. The van der Waals surface area contributed by atoms with E-state index in [0.717, 1.165) is 23.7 Å². The smallest absolute Gasteiger partial charge is 0.256 e. The van der Waals surface area contributed by atoms with Gasteiger partial charge < -0.3 is 10.2 Å². The summed E-state index contributed by atoms with van der Waals surface area (Å²) in [7, 11) is 1.89. The van der Waals surface area contributed by atoms with E-state index >= 15 is 0 Å². The summed E-state index contributed by atoms with van der Waals surface area (Å²) >= 11 is 0. The lowest BCUT2D eigenvalue weighted by molar-refractivity contribution is 0.0691. The van der Waals surface area contributed by atoms with Gasteiger partial charge in [-0.1, -0.05) is 18.9 Å². The van der Waals surface area contributed by atoms with Gasteiger partial charge in [-0.3, -0.25) is 4.79 Å². The topological polar surface area (TPSA) is 32.3 Å². The minimum absolute atomic E-state index is 0.212. The van der Waals surface area contributed by atoms with Gasteiger partial charge in [-0.25, -0.2) is 0 Å². The Bertz CT molecular complexity index is 512. The minimum Gasteiger partial charge on any atom is -0.387 e. The van der Waals surface area contributed by atoms with Crippen LogP contribution in [0.2, 0.25) is 0 Å². The summed E-state index contributed by atoms with van der Waals surface area (Å²) in [5, 5.41) is 3.17. The number of hydrogen-bond donors (Lipinski definition) is 1. The Hall–Kier alpha value is -1.51. The van der Waals surface area contributed by atoms with Gasteiger partial charge in [-0.2, -0.15) is 0 Å². The zero-order valence-electron chi connectivity index (χ0n) is 12.5. The molecule has 2 aliphatic rings. The number of fused-ring (bicyclic) bond motifs is 1. The van der Waals surface area contributed by atoms with E-state index < -0.39 is 0 Å². The lowest BCUT2D eigenvalue weighted by atomic mass is 9.85. The maximum atomic E-state index is 12.9. The molecule has 0 spiro atoms. The lowest BCUT2D eigenvalue weighted by Gasteiger charge is -2.32. The number of benzene rings is 1. The zero-order chi connectivity index (χ0) is 14.1. The summed E-state index contributed by atoms with van der Waals surface area (Å²) in [6.07, 6.45) is 6.31. The third-order valence-corrected chi connectivity index (χ3v) is 4.95. The number of carbonyl (C=O) groups excluding carboxylic acids is 1. The molecule has 108 valence electrons. The van der Waals surface area contributed by atoms with Crippen molar-refractivity contribution >= 4 is 11.6 Å². The molecule has 1 aliphatic heterocycles. The van der Waals surface area contributed by atoms with E-state index in [4.69, 9.17) is 0 Å². The average molecular weight is 272 g/mol. The molecule has 1 saturated carbocycles. The third kappa shape index (κ3) is 2.30. The van der Waals surface area contributed by atoms with Crippen LogP contribution in [0.3, 0.4) is 0 Å². The predicted octanol–water partition coefficient (Wildman–Crippen LogP) is 3.44. The molecule has 1 N–H and O–H groups in total. The molecule has 3 nitrogen and oxygen atoms in total. The molecule has 3 rings (SSSR count). The van der Waals surface area contributed by atoms with Gasteiger partial charge in [0.15, 0.2) is 0 Å². The maximum absolute atomic E-state index is 12.9. The number of carbonyl (C=O) groups is 1. The van der Waals surface area contributed by atoms with Crippen molar-refractivity contribution in [3.05, 3.63) is 29.3 Å². The number of amides is 1. The molecular weight excluding hydrogens is 248 g/mol. The highest BCUT2D eigenvalue weighted by Crippen LogP contribution is 2.37. The van der Waals surface area contributed by atoms with E-state index in [1.165, 1.54) is 37.7 Å². The predicted molar refractivity (Wildman–Crippen MR) is 82.1 cm³/mol. The van der Waals surface area contributed by atoms with Crippen LogP contribution in [0.25, 0.3) is 0 Å². The van der Waals surface area contributed by atoms with Crippen molar-refractivity contribution < 1.29 is 4.79 Å². The zero-order valence-corrected chi connectivity index (χ0v) is 12.5. The fraction of sp³-hybridized carbons (Fsp3) is 0.588. The standard InChI is InChI=1S/C17H24N2O/c1-12-7-8-14(15(11-12)18-2)17(20)19-10-9-13-5-3-4-6-16(13)19/h7-8,11,13,16,18H,3-6,9-10H2,1-2H3. The highest BCUT2D eigenvalue weighted by Gasteiger charge is 2.38. The first kappa shape index (κ1) is 13.5. The van der Waals surface area contributed by atoms with Crippen molar-refractivity contribution in [2.75, 3.05) is 18.9 Å². The summed E-state index contributed by atoms with van der Waals surface area (Å²) < 4.78 is 0. The lowest BCUT2D eigenvalue weighted by Crippen LogP contribution is -2.39. The van der Waals surface area contributed by atoms with Crippen LogP contribution in [0.4, 0.5) is 5.69 Å². The number of nitrogens with zero attached hydrogens (tertiary/aromatic N) is 1. The van der Waals surface area contributed by atoms with Gasteiger partial charge in [-0.05, 0) is 49.8 Å². The van der Waals surface area contributed by atoms with Gasteiger partial charge in [-0.15, -0.1) is 0 Å². The van der Waals surface area contributed by atoms with Crippen molar-refractivity contribution in [3.63, 3.8) is 0 Å². The van der Waals surface area contributed by atoms with Gasteiger partial charge >= 0.3 is 0 Å². The summed E-state index contributed by atoms with van der Waals surface area (Å²) in [6.45, 7) is 2.99. The number of aryl methyl sites for hydroxylation is 1. The van der Waals surface area contributed by atoms with Crippen LogP contribution >= 0.6 is 0 Å². The Balaban J connectivity index is 1.85. The fourth-order valence-corrected chi connectivity index (χ4v) is 3.86. The second-order valence-electron chi connectivity index (χ2n) is 6.20. The molecule has 2 atom stereocenters. The van der Waals surface area contributed by atoms with Crippen molar-refractivity contribution in [2.45, 2.75) is 45.1 Å². The molecule has 0 radical (unpaired) electrons. The second kappa shape index (κ2) is 5.47. The summed E-state index contributed by atoms with van der Waals surface area (Å²) in [6, 6.07) is 6.55. The van der Waals surface area contributed by atoms with E-state index in [2.05, 4.69) is 23.2 Å². The van der Waals surface area contributed by atoms with Gasteiger partial charge in [0.05, 0.1) is 5.56 Å². The molecule has 0 bridgehead atoms. The summed E-state index contributed by atoms with van der Waals surface area (Å²) in [4.78, 5) is 15.0. The van der Waals surface area contributed by atoms with Crippen molar-refractivity contribution in [2.24, 2.45) is 5.92 Å². The molecule has 1 heterocycles. The number of nitrogens with one attached hydrogen (secondary N) is 1. The summed E-state index contributed by atoms with van der Waals surface area (Å²) in [5.74, 6) is 0.958. The Labute approximate surface area is 121 Å². The van der Waals surface area contributed by atoms with E-state index in [1.807, 2.05) is 19.2 Å². The van der Waals surface area contributed by atoms with E-state index in [0.29, 0.717) is 6.04 Å². The molecule has 3 heteroatoms. The Morgan fingerprint density at radius 3 is 2.85 bits per heavy atom. The van der Waals surface area contributed by atoms with Gasteiger partial charge in [0.2, 0.25) is 0 Å². The Morgan fingerprint density at radius 1 is 1.25 bits per heavy atom. The monoisotopic (exact) mass is 272 g/mol. The third-order valence-electron chi connectivity index (χ3n) is 4.95. The largest absolute Gasteiger partial charge is 0.387 e. The highest BCUT2D eigenvalue weighted by atomic mass is 16.2. The molecule has 1 aromatic rings. The Kier molecular flexibility index (Phi) is 3.68. The quantitative estimate of drug-likeness (QED) is 0.894. The maximum Gasteiger partial charge on any atom is 0.256 e. The normalized spacial score (nSPS) is 25.4. The van der Waals surface area contributed by atoms with Crippen LogP contribution in [0, 0.1) is 12.8 Å². The molecule has 1 amide bonds. The van der Waals surface area contributed by atoms with Crippen molar-refractivity contribution in [1.29, 1.82) is 0 Å². The van der Waals surface area contributed by atoms with Crippen molar-refractivity contribution in [1.82, 2.24) is 4.90 Å². The molecule has 1 aromatic carbocycles. The van der Waals surface area contributed by atoms with Gasteiger partial charge in [0, 0.05) is 25.3 Å². The average Bonchev–Trinajstić information content (AvgIpc) is 2.90. The Morgan fingerprint density at radius 2 is 2.05 bits per heavy atom. The molecular formula is C17H24N2O. The van der Waals surface area contributed by atoms with Gasteiger partial charge in [0.25, 0.3) is 5.91 Å². The van der Waals surface area contributed by atoms with Crippen LogP contribution < -0.4 is 5.32 Å². The first-order valence-corrected chi connectivity index (χ1v) is 7.80. The first-order chi connectivity index (χ1) is 9.70. The van der Waals surface area contributed by atoms with Crippen LogP contribution in [-0.2, 0) is 0 Å². The number of hydrogen-bond acceptors (Lipinski definition) is 2. The van der Waals surface area contributed by atoms with Crippen LogP contribution in [0.1, 0.15) is 48.0 Å². The van der Waals surface area contributed by atoms with Crippen LogP contribution in [-0.4, -0.2) is 30.4 Å². The second-order valence-corrected chi connectivity index (χ2v) is 6.20. The van der Waals surface area contributed by atoms with E-state index in [-0.39, 0.29) is 5.91 Å². The molecule has 0 aromatic heterocycles.